The largest absolute Gasteiger partial charge is 0.508 e. The second-order valence-corrected chi connectivity index (χ2v) is 10.7. The Hall–Kier alpha value is -1.19. The minimum Gasteiger partial charge on any atom is -0.508 e. The van der Waals surface area contributed by atoms with Crippen molar-refractivity contribution in [2.75, 3.05) is 26.2 Å². The highest BCUT2D eigenvalue weighted by molar-refractivity contribution is 7.79. The third-order valence-electron chi connectivity index (χ3n) is 8.22. The monoisotopic (exact) mass is 452 g/mol. The zero-order valence-electron chi connectivity index (χ0n) is 18.2. The molecule has 4 aliphatic rings. The van der Waals surface area contributed by atoms with Crippen LogP contribution in [0, 0.1) is 11.8 Å². The van der Waals surface area contributed by atoms with Crippen molar-refractivity contribution in [1.82, 2.24) is 10.2 Å². The van der Waals surface area contributed by atoms with Gasteiger partial charge in [-0.1, -0.05) is 18.9 Å². The third kappa shape index (κ3) is 5.25. The molecule has 2 saturated heterocycles. The van der Waals surface area contributed by atoms with Gasteiger partial charge < -0.3 is 10.4 Å². The minimum absolute atomic E-state index is 0.362. The van der Waals surface area contributed by atoms with E-state index in [-0.39, 0.29) is 0 Å². The van der Waals surface area contributed by atoms with E-state index in [1.54, 1.807) is 0 Å². The first-order chi connectivity index (χ1) is 14.8. The molecule has 0 amide bonds. The Morgan fingerprint density at radius 3 is 2.58 bits per heavy atom. The molecule has 8 heteroatoms. The molecule has 0 unspecified atom stereocenters. The second kappa shape index (κ2) is 9.35. The fourth-order valence-electron chi connectivity index (χ4n) is 6.87. The molecule has 1 aromatic carbocycles. The lowest BCUT2D eigenvalue weighted by molar-refractivity contribution is -0.0141. The Bertz CT molecular complexity index is 863. The van der Waals surface area contributed by atoms with Crippen LogP contribution in [0.1, 0.15) is 62.5 Å². The molecule has 31 heavy (non-hydrogen) atoms. The van der Waals surface area contributed by atoms with Gasteiger partial charge in [-0.25, -0.2) is 0 Å². The van der Waals surface area contributed by atoms with Crippen molar-refractivity contribution in [1.29, 1.82) is 0 Å². The van der Waals surface area contributed by atoms with E-state index in [0.717, 1.165) is 17.9 Å². The van der Waals surface area contributed by atoms with Crippen molar-refractivity contribution in [2.24, 2.45) is 11.8 Å². The average molecular weight is 453 g/mol. The van der Waals surface area contributed by atoms with Crippen LogP contribution in [0.25, 0.3) is 0 Å². The van der Waals surface area contributed by atoms with Crippen LogP contribution in [0.15, 0.2) is 18.2 Å². The van der Waals surface area contributed by atoms with Gasteiger partial charge in [0.25, 0.3) is 0 Å². The van der Waals surface area contributed by atoms with Crippen LogP contribution in [0.4, 0.5) is 0 Å². The number of fused-ring (bicyclic) bond motifs is 1. The number of aromatic hydroxyl groups is 1. The molecular formula is C23H36N2O5S. The standard InChI is InChI=1S/C23H34N2O.H2O4S/c26-19-5-4-18-15-22-20-3-1-2-9-23(20,21(18)16-19)10-14-25(22)13-8-17-6-11-24-12-7-17;1-5(2,3)4/h4-5,16-17,20,22,24,26H,1-3,6-15H2;(H2,1,2,3,4)/t20-,22-,23-;/m0./s1. The normalized spacial score (nSPS) is 31.2. The van der Waals surface area contributed by atoms with Crippen LogP contribution in [-0.4, -0.2) is 59.8 Å². The summed E-state index contributed by atoms with van der Waals surface area (Å²) in [7, 11) is -4.67. The molecule has 4 N–H and O–H groups in total. The van der Waals surface area contributed by atoms with Gasteiger partial charge in [-0.2, -0.15) is 8.42 Å². The molecular weight excluding hydrogens is 416 g/mol. The number of likely N-dealkylation sites (tertiary alicyclic amines) is 1. The minimum atomic E-state index is -4.67. The molecule has 2 bridgehead atoms. The topological polar surface area (TPSA) is 110 Å². The van der Waals surface area contributed by atoms with E-state index in [0.29, 0.717) is 11.2 Å². The summed E-state index contributed by atoms with van der Waals surface area (Å²) in [5.41, 5.74) is 3.40. The van der Waals surface area contributed by atoms with E-state index < -0.39 is 10.4 Å². The van der Waals surface area contributed by atoms with Crippen LogP contribution in [0.5, 0.6) is 5.75 Å². The molecule has 174 valence electrons. The van der Waals surface area contributed by atoms with Gasteiger partial charge >= 0.3 is 10.4 Å². The van der Waals surface area contributed by atoms with Gasteiger partial charge in [0.15, 0.2) is 0 Å². The quantitative estimate of drug-likeness (QED) is 0.521. The predicted octanol–water partition coefficient (Wildman–Crippen LogP) is 3.19. The van der Waals surface area contributed by atoms with Gasteiger partial charge in [0.2, 0.25) is 0 Å². The zero-order chi connectivity index (χ0) is 22.1. The van der Waals surface area contributed by atoms with E-state index in [4.69, 9.17) is 17.5 Å². The molecule has 7 nitrogen and oxygen atoms in total. The first kappa shape index (κ1) is 23.0. The number of hydrogen-bond donors (Lipinski definition) is 4. The van der Waals surface area contributed by atoms with Gasteiger partial charge in [0.1, 0.15) is 5.75 Å². The number of nitrogens with one attached hydrogen (secondary N) is 1. The number of phenols is 1. The molecule has 1 saturated carbocycles. The van der Waals surface area contributed by atoms with Crippen molar-refractivity contribution >= 4 is 10.4 Å². The van der Waals surface area contributed by atoms with Crippen LogP contribution in [-0.2, 0) is 22.2 Å². The van der Waals surface area contributed by atoms with Crippen LogP contribution < -0.4 is 5.32 Å². The second-order valence-electron chi connectivity index (χ2n) is 9.84. The highest BCUT2D eigenvalue weighted by Crippen LogP contribution is 2.56. The van der Waals surface area contributed by atoms with E-state index in [1.807, 2.05) is 6.07 Å². The lowest BCUT2D eigenvalue weighted by Crippen LogP contribution is -2.61. The van der Waals surface area contributed by atoms with Crippen LogP contribution in [0.3, 0.4) is 0 Å². The van der Waals surface area contributed by atoms with Gasteiger partial charge in [-0.05, 0) is 106 Å². The Morgan fingerprint density at radius 2 is 1.84 bits per heavy atom. The summed E-state index contributed by atoms with van der Waals surface area (Å²) in [6.45, 7) is 5.00. The van der Waals surface area contributed by atoms with Crippen molar-refractivity contribution in [3.05, 3.63) is 29.3 Å². The van der Waals surface area contributed by atoms with Crippen LogP contribution >= 0.6 is 0 Å². The number of piperidine rings is 2. The maximum atomic E-state index is 10.1. The number of rotatable bonds is 3. The maximum Gasteiger partial charge on any atom is 0.394 e. The molecule has 0 aromatic heterocycles. The smallest absolute Gasteiger partial charge is 0.394 e. The maximum absolute atomic E-state index is 10.1. The van der Waals surface area contributed by atoms with Crippen molar-refractivity contribution in [3.8, 4) is 5.75 Å². The van der Waals surface area contributed by atoms with E-state index in [2.05, 4.69) is 22.3 Å². The first-order valence-corrected chi connectivity index (χ1v) is 13.1. The van der Waals surface area contributed by atoms with Crippen molar-refractivity contribution < 1.29 is 22.6 Å². The number of phenolic OH excluding ortho intramolecular Hbond substituents is 1. The van der Waals surface area contributed by atoms with Gasteiger partial charge in [0.05, 0.1) is 0 Å². The molecule has 1 aromatic rings. The number of benzene rings is 1. The fourth-order valence-corrected chi connectivity index (χ4v) is 6.87. The predicted molar refractivity (Wildman–Crippen MR) is 120 cm³/mol. The van der Waals surface area contributed by atoms with E-state index in [9.17, 15) is 5.11 Å². The van der Waals surface area contributed by atoms with Gasteiger partial charge in [-0.15, -0.1) is 0 Å². The molecule has 0 spiro atoms. The Labute approximate surface area is 185 Å². The molecule has 5 rings (SSSR count). The highest BCUT2D eigenvalue weighted by Gasteiger charge is 2.53. The van der Waals surface area contributed by atoms with Gasteiger partial charge in [0, 0.05) is 11.5 Å². The molecule has 2 heterocycles. The zero-order valence-corrected chi connectivity index (χ0v) is 19.0. The lowest BCUT2D eigenvalue weighted by atomic mass is 9.52. The van der Waals surface area contributed by atoms with Crippen molar-refractivity contribution in [2.45, 2.75) is 69.2 Å². The number of nitrogens with zero attached hydrogens (tertiary/aromatic N) is 1. The molecule has 2 aliphatic carbocycles. The lowest BCUT2D eigenvalue weighted by Gasteiger charge is -2.59. The van der Waals surface area contributed by atoms with Gasteiger partial charge in [-0.3, -0.25) is 14.0 Å². The summed E-state index contributed by atoms with van der Waals surface area (Å²) in [4.78, 5) is 2.87. The Kier molecular flexibility index (Phi) is 6.93. The summed E-state index contributed by atoms with van der Waals surface area (Å²) in [6, 6.07) is 6.99. The Balaban J connectivity index is 0.000000418. The summed E-state index contributed by atoms with van der Waals surface area (Å²) in [5.74, 6) is 2.21. The van der Waals surface area contributed by atoms with Crippen molar-refractivity contribution in [3.63, 3.8) is 0 Å². The molecule has 3 fully saturated rings. The average Bonchev–Trinajstić information content (AvgIpc) is 2.73. The number of hydrogen-bond acceptors (Lipinski definition) is 5. The SMILES string of the molecule is O=S(=O)(O)O.Oc1ccc2c(c1)[C@]13CCCC[C@H]1[C@H](C2)N(CCC1CCNCC1)CC3. The first-order valence-electron chi connectivity index (χ1n) is 11.7. The Morgan fingerprint density at radius 1 is 1.10 bits per heavy atom. The van der Waals surface area contributed by atoms with E-state index >= 15 is 0 Å². The summed E-state index contributed by atoms with van der Waals surface area (Å²) < 4.78 is 31.6. The van der Waals surface area contributed by atoms with Crippen LogP contribution in [0.2, 0.25) is 0 Å². The molecule has 2 aliphatic heterocycles. The fraction of sp³-hybridized carbons (Fsp3) is 0.739. The van der Waals surface area contributed by atoms with E-state index in [1.165, 1.54) is 95.1 Å². The summed E-state index contributed by atoms with van der Waals surface area (Å²) in [5, 5.41) is 13.6. The summed E-state index contributed by atoms with van der Waals surface area (Å²) >= 11 is 0. The molecule has 0 radical (unpaired) electrons. The highest BCUT2D eigenvalue weighted by atomic mass is 32.3. The molecule has 3 atom stereocenters. The summed E-state index contributed by atoms with van der Waals surface area (Å²) in [6.07, 6.45) is 12.1. The third-order valence-corrected chi connectivity index (χ3v) is 8.22.